The van der Waals surface area contributed by atoms with Crippen LogP contribution in [0.4, 0.5) is 0 Å². The van der Waals surface area contributed by atoms with Crippen molar-refractivity contribution in [2.24, 2.45) is 10.9 Å². The van der Waals surface area contributed by atoms with E-state index in [1.165, 1.54) is 0 Å². The van der Waals surface area contributed by atoms with E-state index in [2.05, 4.69) is 26.2 Å². The fraction of sp³-hybridized carbons (Fsp3) is 0.240. The smallest absolute Gasteiger partial charge is 0.254 e. The third kappa shape index (κ3) is 4.18. The molecule has 4 rings (SSSR count). The molecule has 2 amide bonds. The van der Waals surface area contributed by atoms with Crippen LogP contribution in [0.25, 0.3) is 5.52 Å². The van der Waals surface area contributed by atoms with Crippen molar-refractivity contribution in [3.63, 3.8) is 0 Å². The summed E-state index contributed by atoms with van der Waals surface area (Å²) < 4.78 is 2.82. The van der Waals surface area contributed by atoms with E-state index in [1.54, 1.807) is 13.0 Å². The monoisotopic (exact) mass is 493 g/mol. The van der Waals surface area contributed by atoms with Crippen LogP contribution in [-0.4, -0.2) is 33.6 Å². The van der Waals surface area contributed by atoms with Crippen molar-refractivity contribution < 1.29 is 14.7 Å². The average Bonchev–Trinajstić information content (AvgIpc) is 3.20. The number of aliphatic hydroxyl groups is 1. The number of carbonyl (C=O) groups is 2. The van der Waals surface area contributed by atoms with Gasteiger partial charge in [0.1, 0.15) is 6.10 Å². The lowest BCUT2D eigenvalue weighted by molar-refractivity contribution is -0.120. The summed E-state index contributed by atoms with van der Waals surface area (Å²) in [4.78, 5) is 29.4. The molecule has 164 valence electrons. The maximum atomic E-state index is 13.1. The van der Waals surface area contributed by atoms with Crippen LogP contribution in [0.3, 0.4) is 0 Å². The number of amides is 2. The highest BCUT2D eigenvalue weighted by Crippen LogP contribution is 2.29. The van der Waals surface area contributed by atoms with Crippen molar-refractivity contribution in [3.05, 3.63) is 87.2 Å². The van der Waals surface area contributed by atoms with Crippen LogP contribution in [0, 0.1) is 12.8 Å². The van der Waals surface area contributed by atoms with E-state index in [0.29, 0.717) is 22.5 Å². The normalized spacial score (nSPS) is 17.2. The first-order valence-electron chi connectivity index (χ1n) is 10.4. The van der Waals surface area contributed by atoms with Gasteiger partial charge in [0.05, 0.1) is 11.6 Å². The highest BCUT2D eigenvalue weighted by atomic mass is 79.9. The fourth-order valence-electron chi connectivity index (χ4n) is 4.13. The number of allylic oxidation sites excluding steroid dienone is 1. The summed E-state index contributed by atoms with van der Waals surface area (Å²) in [6.45, 7) is 5.66. The van der Waals surface area contributed by atoms with E-state index in [1.807, 2.05) is 66.9 Å². The van der Waals surface area contributed by atoms with E-state index in [4.69, 9.17) is 0 Å². The van der Waals surface area contributed by atoms with Crippen LogP contribution in [0.5, 0.6) is 0 Å². The Labute approximate surface area is 194 Å². The van der Waals surface area contributed by atoms with Gasteiger partial charge in [0.15, 0.2) is 0 Å². The second kappa shape index (κ2) is 8.84. The molecular weight excluding hydrogens is 470 g/mol. The molecule has 0 saturated heterocycles. The molecule has 1 aliphatic heterocycles. The molecule has 0 bridgehead atoms. The van der Waals surface area contributed by atoms with Crippen molar-refractivity contribution in [1.29, 1.82) is 0 Å². The van der Waals surface area contributed by atoms with E-state index >= 15 is 0 Å². The van der Waals surface area contributed by atoms with Gasteiger partial charge in [-0.25, -0.2) is 4.99 Å². The summed E-state index contributed by atoms with van der Waals surface area (Å²) in [5.41, 5.74) is 4.86. The largest absolute Gasteiger partial charge is 0.382 e. The number of nitrogens with one attached hydrogen (secondary N) is 1. The quantitative estimate of drug-likeness (QED) is 0.552. The van der Waals surface area contributed by atoms with Crippen molar-refractivity contribution in [1.82, 2.24) is 9.72 Å². The minimum absolute atomic E-state index is 0.174. The Morgan fingerprint density at radius 2 is 1.94 bits per heavy atom. The van der Waals surface area contributed by atoms with Crippen molar-refractivity contribution >= 4 is 39.0 Å². The Hall–Kier alpha value is -3.03. The first kappa shape index (κ1) is 22.2. The Morgan fingerprint density at radius 3 is 2.62 bits per heavy atom. The summed E-state index contributed by atoms with van der Waals surface area (Å²) in [6, 6.07) is 13.0. The molecule has 6 nitrogen and oxygen atoms in total. The maximum absolute atomic E-state index is 13.1. The first-order valence-corrected chi connectivity index (χ1v) is 11.1. The third-order valence-electron chi connectivity index (χ3n) is 5.85. The number of hydrogen-bond donors (Lipinski definition) is 2. The number of hydrogen-bond acceptors (Lipinski definition) is 3. The molecule has 1 aromatic carbocycles. The number of fused-ring (bicyclic) bond motifs is 1. The van der Waals surface area contributed by atoms with Gasteiger partial charge >= 0.3 is 0 Å². The zero-order chi connectivity index (χ0) is 23.0. The molecule has 2 aromatic heterocycles. The molecule has 0 saturated carbocycles. The topological polar surface area (TPSA) is 83.2 Å². The minimum Gasteiger partial charge on any atom is -0.382 e. The number of rotatable bonds is 5. The van der Waals surface area contributed by atoms with Crippen molar-refractivity contribution in [3.8, 4) is 0 Å². The summed E-state index contributed by atoms with van der Waals surface area (Å²) in [5.74, 6) is -0.997. The van der Waals surface area contributed by atoms with Gasteiger partial charge in [0.25, 0.3) is 11.8 Å². The molecule has 3 heterocycles. The number of aliphatic imine (C=N–C) groups is 1. The van der Waals surface area contributed by atoms with E-state index in [-0.39, 0.29) is 18.4 Å². The third-order valence-corrected chi connectivity index (χ3v) is 6.38. The SMILES string of the molecule is CC1=CC(C)=NC(=O)C1CNC(=O)c1cc2cccn2c(C(O)c2ccc(Br)cc2)c1C. The van der Waals surface area contributed by atoms with Gasteiger partial charge in [-0.05, 0) is 68.3 Å². The van der Waals surface area contributed by atoms with Crippen LogP contribution in [0.15, 0.2) is 69.8 Å². The molecule has 2 unspecified atom stereocenters. The fourth-order valence-corrected chi connectivity index (χ4v) is 4.39. The van der Waals surface area contributed by atoms with Crippen LogP contribution in [-0.2, 0) is 4.79 Å². The van der Waals surface area contributed by atoms with E-state index in [9.17, 15) is 14.7 Å². The molecule has 3 aromatic rings. The summed E-state index contributed by atoms with van der Waals surface area (Å²) in [7, 11) is 0. The molecule has 32 heavy (non-hydrogen) atoms. The number of carbonyl (C=O) groups excluding carboxylic acids is 2. The predicted octanol–water partition coefficient (Wildman–Crippen LogP) is 4.39. The average molecular weight is 494 g/mol. The molecule has 0 aliphatic carbocycles. The van der Waals surface area contributed by atoms with Gasteiger partial charge in [0, 0.05) is 34.0 Å². The zero-order valence-corrected chi connectivity index (χ0v) is 19.7. The van der Waals surface area contributed by atoms with Gasteiger partial charge in [-0.1, -0.05) is 33.6 Å². The molecule has 0 fully saturated rings. The van der Waals surface area contributed by atoms with Crippen LogP contribution in [0.1, 0.15) is 47.1 Å². The molecule has 0 radical (unpaired) electrons. The molecule has 2 N–H and O–H groups in total. The van der Waals surface area contributed by atoms with Crippen LogP contribution >= 0.6 is 15.9 Å². The minimum atomic E-state index is -0.909. The Morgan fingerprint density at radius 1 is 1.22 bits per heavy atom. The van der Waals surface area contributed by atoms with Crippen molar-refractivity contribution in [2.45, 2.75) is 26.9 Å². The van der Waals surface area contributed by atoms with E-state index < -0.39 is 12.0 Å². The van der Waals surface area contributed by atoms with Crippen LogP contribution in [0.2, 0.25) is 0 Å². The summed E-state index contributed by atoms with van der Waals surface area (Å²) in [6.07, 6.45) is 2.83. The van der Waals surface area contributed by atoms with Crippen LogP contribution < -0.4 is 5.32 Å². The lowest BCUT2D eigenvalue weighted by Gasteiger charge is -2.21. The molecule has 0 spiro atoms. The van der Waals surface area contributed by atoms with E-state index in [0.717, 1.165) is 21.1 Å². The standard InChI is InChI=1S/C25H24BrN3O3/c1-14-11-15(2)28-25(32)21(14)13-27-24(31)20-12-19-5-4-10-29(19)22(16(20)3)23(30)17-6-8-18(26)9-7-17/h4-12,21,23,30H,13H2,1-3H3,(H,27,31). The number of nitrogens with zero attached hydrogens (tertiary/aromatic N) is 2. The molecule has 1 aliphatic rings. The molecular formula is C25H24BrN3O3. The Kier molecular flexibility index (Phi) is 6.13. The predicted molar refractivity (Wildman–Crippen MR) is 128 cm³/mol. The molecule has 7 heteroatoms. The second-order valence-corrected chi connectivity index (χ2v) is 8.98. The van der Waals surface area contributed by atoms with Gasteiger partial charge in [-0.15, -0.1) is 0 Å². The number of halogens is 1. The van der Waals surface area contributed by atoms with Crippen molar-refractivity contribution in [2.75, 3.05) is 6.54 Å². The first-order chi connectivity index (χ1) is 15.3. The number of pyridine rings is 1. The van der Waals surface area contributed by atoms with Gasteiger partial charge < -0.3 is 14.8 Å². The number of aliphatic hydroxyl groups excluding tert-OH is 1. The number of benzene rings is 1. The second-order valence-electron chi connectivity index (χ2n) is 8.07. The zero-order valence-electron chi connectivity index (χ0n) is 18.1. The lowest BCUT2D eigenvalue weighted by Crippen LogP contribution is -2.35. The molecule has 2 atom stereocenters. The van der Waals surface area contributed by atoms with Gasteiger partial charge in [-0.2, -0.15) is 0 Å². The Bertz CT molecular complexity index is 1270. The number of aromatic nitrogens is 1. The summed E-state index contributed by atoms with van der Waals surface area (Å²) in [5, 5.41) is 14.1. The highest BCUT2D eigenvalue weighted by molar-refractivity contribution is 9.10. The highest BCUT2D eigenvalue weighted by Gasteiger charge is 2.26. The maximum Gasteiger partial charge on any atom is 0.254 e. The lowest BCUT2D eigenvalue weighted by atomic mass is 9.95. The number of dihydropyridines is 1. The Balaban J connectivity index is 1.65. The van der Waals surface area contributed by atoms with Gasteiger partial charge in [-0.3, -0.25) is 9.59 Å². The summed E-state index contributed by atoms with van der Waals surface area (Å²) >= 11 is 3.42. The van der Waals surface area contributed by atoms with Gasteiger partial charge in [0.2, 0.25) is 0 Å².